The van der Waals surface area contributed by atoms with Crippen molar-refractivity contribution in [3.63, 3.8) is 0 Å². The van der Waals surface area contributed by atoms with E-state index in [-0.39, 0.29) is 36.6 Å². The monoisotopic (exact) mass is 293 g/mol. The first kappa shape index (κ1) is 14.2. The molecule has 4 atom stereocenters. The molecule has 3 rings (SSSR count). The number of nitrogens with two attached hydrogens (primary N) is 1. The lowest BCUT2D eigenvalue weighted by molar-refractivity contribution is -0.158. The second kappa shape index (κ2) is 4.62. The topological polar surface area (TPSA) is 110 Å². The van der Waals surface area contributed by atoms with Crippen LogP contribution in [-0.2, 0) is 19.2 Å². The number of piperidine rings is 1. The summed E-state index contributed by atoms with van der Waals surface area (Å²) in [6.07, 6.45) is 2.46. The van der Waals surface area contributed by atoms with Crippen LogP contribution >= 0.6 is 0 Å². The second-order valence-electron chi connectivity index (χ2n) is 6.39. The van der Waals surface area contributed by atoms with E-state index in [0.717, 1.165) is 17.7 Å². The van der Waals surface area contributed by atoms with E-state index < -0.39 is 23.3 Å². The molecule has 2 heterocycles. The third-order valence-corrected chi connectivity index (χ3v) is 5.06. The zero-order valence-electron chi connectivity index (χ0n) is 11.9. The van der Waals surface area contributed by atoms with Crippen molar-refractivity contribution in [2.45, 2.75) is 50.6 Å². The first-order valence-electron chi connectivity index (χ1n) is 7.34. The van der Waals surface area contributed by atoms with E-state index in [2.05, 4.69) is 5.32 Å². The van der Waals surface area contributed by atoms with Crippen LogP contribution in [-0.4, -0.2) is 40.1 Å². The summed E-state index contributed by atoms with van der Waals surface area (Å²) in [4.78, 5) is 49.8. The van der Waals surface area contributed by atoms with Crippen LogP contribution in [0, 0.1) is 11.8 Å². The molecule has 4 amide bonds. The third kappa shape index (κ3) is 1.91. The fraction of sp³-hybridized carbons (Fsp3) is 0.714. The highest BCUT2D eigenvalue weighted by Gasteiger charge is 2.59. The van der Waals surface area contributed by atoms with Crippen LogP contribution in [0.2, 0.25) is 0 Å². The number of carbonyl (C=O) groups is 4. The highest BCUT2D eigenvalue weighted by atomic mass is 16.2. The number of nitrogens with zero attached hydrogens (tertiary/aromatic N) is 1. The Kier molecular flexibility index (Phi) is 3.12. The molecule has 7 heteroatoms. The van der Waals surface area contributed by atoms with Gasteiger partial charge >= 0.3 is 0 Å². The van der Waals surface area contributed by atoms with Crippen LogP contribution in [0.15, 0.2) is 0 Å². The maximum atomic E-state index is 12.7. The summed E-state index contributed by atoms with van der Waals surface area (Å²) >= 11 is 0. The molecule has 0 aromatic rings. The fourth-order valence-corrected chi connectivity index (χ4v) is 3.78. The second-order valence-corrected chi connectivity index (χ2v) is 6.39. The van der Waals surface area contributed by atoms with E-state index >= 15 is 0 Å². The minimum atomic E-state index is -1.28. The number of likely N-dealkylation sites (tertiary alicyclic amines) is 1. The summed E-state index contributed by atoms with van der Waals surface area (Å²) in [6.45, 7) is 1.55. The van der Waals surface area contributed by atoms with Crippen LogP contribution in [0.25, 0.3) is 0 Å². The van der Waals surface area contributed by atoms with Gasteiger partial charge in [-0.1, -0.05) is 6.42 Å². The first-order valence-corrected chi connectivity index (χ1v) is 7.34. The summed E-state index contributed by atoms with van der Waals surface area (Å²) in [5, 5.41) is 2.23. The van der Waals surface area contributed by atoms with Gasteiger partial charge in [-0.25, -0.2) is 0 Å². The van der Waals surface area contributed by atoms with Gasteiger partial charge in [-0.2, -0.15) is 0 Å². The Morgan fingerprint density at radius 2 is 1.90 bits per heavy atom. The third-order valence-electron chi connectivity index (χ3n) is 5.06. The average molecular weight is 293 g/mol. The van der Waals surface area contributed by atoms with Gasteiger partial charge in [0, 0.05) is 12.5 Å². The van der Waals surface area contributed by atoms with Gasteiger partial charge < -0.3 is 5.73 Å². The van der Waals surface area contributed by atoms with E-state index in [0.29, 0.717) is 6.42 Å². The van der Waals surface area contributed by atoms with Crippen molar-refractivity contribution in [3.05, 3.63) is 0 Å². The lowest BCUT2D eigenvalue weighted by Gasteiger charge is -2.38. The minimum Gasteiger partial charge on any atom is -0.327 e. The predicted molar refractivity (Wildman–Crippen MR) is 71.4 cm³/mol. The normalized spacial score (nSPS) is 40.3. The van der Waals surface area contributed by atoms with Crippen LogP contribution in [0.1, 0.15) is 39.0 Å². The number of hydrogen-bond donors (Lipinski definition) is 2. The summed E-state index contributed by atoms with van der Waals surface area (Å²) in [5.41, 5.74) is 4.73. The van der Waals surface area contributed by atoms with Gasteiger partial charge in [0.05, 0.1) is 11.8 Å². The van der Waals surface area contributed by atoms with Crippen molar-refractivity contribution in [1.82, 2.24) is 10.2 Å². The van der Waals surface area contributed by atoms with Crippen molar-refractivity contribution < 1.29 is 19.2 Å². The van der Waals surface area contributed by atoms with Crippen LogP contribution in [0.3, 0.4) is 0 Å². The zero-order chi connectivity index (χ0) is 15.4. The maximum Gasteiger partial charge on any atom is 0.252 e. The first-order chi connectivity index (χ1) is 9.86. The molecule has 2 aliphatic heterocycles. The highest BCUT2D eigenvalue weighted by Crippen LogP contribution is 2.42. The van der Waals surface area contributed by atoms with Crippen molar-refractivity contribution in [2.24, 2.45) is 17.6 Å². The molecular formula is C14H19N3O4. The number of carbonyl (C=O) groups excluding carboxylic acids is 4. The molecule has 0 aromatic carbocycles. The molecule has 2 saturated heterocycles. The van der Waals surface area contributed by atoms with Gasteiger partial charge in [-0.3, -0.25) is 29.4 Å². The molecule has 7 nitrogen and oxygen atoms in total. The van der Waals surface area contributed by atoms with Crippen LogP contribution in [0.4, 0.5) is 0 Å². The molecular weight excluding hydrogens is 274 g/mol. The Labute approximate surface area is 122 Å². The van der Waals surface area contributed by atoms with Gasteiger partial charge in [-0.15, -0.1) is 0 Å². The molecule has 21 heavy (non-hydrogen) atoms. The molecule has 0 radical (unpaired) electrons. The molecule has 114 valence electrons. The van der Waals surface area contributed by atoms with E-state index in [1.54, 1.807) is 6.92 Å². The SMILES string of the molecule is CC1(N2C(=O)C3CCCC(N)C3C2=O)CCC(=O)NC1=O. The van der Waals surface area contributed by atoms with Crippen molar-refractivity contribution in [3.8, 4) is 0 Å². The summed E-state index contributed by atoms with van der Waals surface area (Å²) in [6, 6.07) is -0.331. The quantitative estimate of drug-likeness (QED) is 0.621. The number of fused-ring (bicyclic) bond motifs is 1. The molecule has 0 bridgehead atoms. The van der Waals surface area contributed by atoms with Crippen molar-refractivity contribution >= 4 is 23.6 Å². The molecule has 0 aromatic heterocycles. The number of hydrogen-bond acceptors (Lipinski definition) is 5. The van der Waals surface area contributed by atoms with Crippen molar-refractivity contribution in [1.29, 1.82) is 0 Å². The Balaban J connectivity index is 1.95. The Morgan fingerprint density at radius 3 is 2.52 bits per heavy atom. The molecule has 1 saturated carbocycles. The van der Waals surface area contributed by atoms with Gasteiger partial charge in [-0.05, 0) is 26.2 Å². The standard InChI is InChI=1S/C14H19N3O4/c1-14(6-5-9(18)16-13(14)21)17-11(19)7-3-2-4-8(15)10(7)12(17)20/h7-8,10H,2-6,15H2,1H3,(H,16,18,21). The summed E-state index contributed by atoms with van der Waals surface area (Å²) in [5.74, 6) is -2.55. The Bertz CT molecular complexity index is 546. The molecule has 0 spiro atoms. The van der Waals surface area contributed by atoms with Gasteiger partial charge in [0.2, 0.25) is 17.7 Å². The van der Waals surface area contributed by atoms with E-state index in [9.17, 15) is 19.2 Å². The summed E-state index contributed by atoms with van der Waals surface area (Å²) < 4.78 is 0. The molecule has 4 unspecified atom stereocenters. The van der Waals surface area contributed by atoms with E-state index in [4.69, 9.17) is 5.73 Å². The van der Waals surface area contributed by atoms with E-state index in [1.807, 2.05) is 0 Å². The predicted octanol–water partition coefficient (Wildman–Crippen LogP) is -0.706. The molecule has 3 fully saturated rings. The van der Waals surface area contributed by atoms with E-state index in [1.165, 1.54) is 0 Å². The average Bonchev–Trinajstić information content (AvgIpc) is 2.68. The maximum absolute atomic E-state index is 12.7. The largest absolute Gasteiger partial charge is 0.327 e. The van der Waals surface area contributed by atoms with Gasteiger partial charge in [0.15, 0.2) is 0 Å². The molecule has 3 N–H and O–H groups in total. The molecule has 3 aliphatic rings. The number of imide groups is 2. The van der Waals surface area contributed by atoms with Gasteiger partial charge in [0.25, 0.3) is 5.91 Å². The number of rotatable bonds is 1. The lowest BCUT2D eigenvalue weighted by Crippen LogP contribution is -2.63. The lowest BCUT2D eigenvalue weighted by atomic mass is 9.78. The number of amides is 4. The van der Waals surface area contributed by atoms with Crippen molar-refractivity contribution in [2.75, 3.05) is 0 Å². The fourth-order valence-electron chi connectivity index (χ4n) is 3.78. The minimum absolute atomic E-state index is 0.126. The highest BCUT2D eigenvalue weighted by molar-refractivity contribution is 6.12. The number of nitrogens with one attached hydrogen (secondary N) is 1. The summed E-state index contributed by atoms with van der Waals surface area (Å²) in [7, 11) is 0. The van der Waals surface area contributed by atoms with Gasteiger partial charge in [0.1, 0.15) is 5.54 Å². The van der Waals surface area contributed by atoms with Crippen LogP contribution in [0.5, 0.6) is 0 Å². The Hall–Kier alpha value is -1.76. The smallest absolute Gasteiger partial charge is 0.252 e. The molecule has 1 aliphatic carbocycles. The Morgan fingerprint density at radius 1 is 1.19 bits per heavy atom. The van der Waals surface area contributed by atoms with Crippen LogP contribution < -0.4 is 11.1 Å². The zero-order valence-corrected chi connectivity index (χ0v) is 11.9.